The van der Waals surface area contributed by atoms with Crippen molar-refractivity contribution < 1.29 is 0 Å². The Bertz CT molecular complexity index is 2670. The maximum absolute atomic E-state index is 3.47. The lowest BCUT2D eigenvalue weighted by atomic mass is 9.80. The molecule has 8 aromatic carbocycles. The Morgan fingerprint density at radius 1 is 0.364 bits per heavy atom. The van der Waals surface area contributed by atoms with Crippen LogP contribution in [0.25, 0.3) is 67.8 Å². The number of hydrogen-bond acceptors (Lipinski definition) is 1. The minimum Gasteiger partial charge on any atom is -0.310 e. The smallest absolute Gasteiger partial charge is 0.0465 e. The fourth-order valence-corrected chi connectivity index (χ4v) is 8.59. The molecule has 0 fully saturated rings. The van der Waals surface area contributed by atoms with Crippen LogP contribution in [0.3, 0.4) is 0 Å². The van der Waals surface area contributed by atoms with Gasteiger partial charge in [0, 0.05) is 22.5 Å². The monoisotopic (exact) mass is 701 g/mol. The van der Waals surface area contributed by atoms with Gasteiger partial charge in [0.05, 0.1) is 0 Å². The van der Waals surface area contributed by atoms with Gasteiger partial charge in [-0.25, -0.2) is 0 Å². The minimum atomic E-state index is -0.217. The molecule has 2 aliphatic rings. The van der Waals surface area contributed by atoms with Crippen molar-refractivity contribution in [3.8, 4) is 55.6 Å². The molecular formula is C54H39N. The first-order chi connectivity index (χ1) is 27.0. The molecule has 0 saturated heterocycles. The van der Waals surface area contributed by atoms with Crippen LogP contribution >= 0.6 is 0 Å². The van der Waals surface area contributed by atoms with Gasteiger partial charge in [-0.1, -0.05) is 159 Å². The van der Waals surface area contributed by atoms with Gasteiger partial charge in [-0.2, -0.15) is 0 Å². The molecular weight excluding hydrogens is 663 g/mol. The fourth-order valence-electron chi connectivity index (χ4n) is 8.59. The van der Waals surface area contributed by atoms with E-state index in [1.165, 1.54) is 77.9 Å². The number of hydrogen-bond donors (Lipinski definition) is 0. The lowest BCUT2D eigenvalue weighted by Crippen LogP contribution is -2.17. The number of anilines is 3. The molecule has 55 heavy (non-hydrogen) atoms. The van der Waals surface area contributed by atoms with E-state index in [0.717, 1.165) is 17.1 Å². The van der Waals surface area contributed by atoms with E-state index in [0.29, 0.717) is 0 Å². The van der Waals surface area contributed by atoms with E-state index in [1.54, 1.807) is 0 Å². The highest BCUT2D eigenvalue weighted by Gasteiger charge is 2.39. The molecule has 8 aromatic rings. The third-order valence-corrected chi connectivity index (χ3v) is 11.5. The quantitative estimate of drug-likeness (QED) is 0.150. The Labute approximate surface area is 323 Å². The van der Waals surface area contributed by atoms with Gasteiger partial charge in [0.25, 0.3) is 0 Å². The Morgan fingerprint density at radius 2 is 0.782 bits per heavy atom. The van der Waals surface area contributed by atoms with E-state index < -0.39 is 0 Å². The van der Waals surface area contributed by atoms with Crippen molar-refractivity contribution in [3.63, 3.8) is 0 Å². The highest BCUT2D eigenvalue weighted by Crippen LogP contribution is 2.55. The summed E-state index contributed by atoms with van der Waals surface area (Å²) in [4.78, 5) is 2.40. The van der Waals surface area contributed by atoms with Crippen LogP contribution in [0.15, 0.2) is 194 Å². The van der Waals surface area contributed by atoms with Crippen LogP contribution in [0.2, 0.25) is 0 Å². The molecule has 0 N–H and O–H groups in total. The summed E-state index contributed by atoms with van der Waals surface area (Å²) in [7, 11) is 0. The van der Waals surface area contributed by atoms with Crippen LogP contribution in [-0.2, 0) is 5.41 Å². The second-order valence-electron chi connectivity index (χ2n) is 15.1. The van der Waals surface area contributed by atoms with Gasteiger partial charge in [0.2, 0.25) is 0 Å². The lowest BCUT2D eigenvalue weighted by molar-refractivity contribution is 0.660. The van der Waals surface area contributed by atoms with Crippen molar-refractivity contribution in [2.24, 2.45) is 0 Å². The molecule has 10 rings (SSSR count). The first kappa shape index (κ1) is 32.7. The number of nitrogens with zero attached hydrogens (tertiary/aromatic N) is 1. The van der Waals surface area contributed by atoms with E-state index in [9.17, 15) is 0 Å². The maximum atomic E-state index is 3.47. The SMILES string of the molecule is CC1(C)c2cc(N(c3ccc(-c4ccccc4)cc3)c3ccc(-c4ccccc4)cc3)ccc2-c2c1cc(-c1ccc(-c3ccccc3)cc1)c1c2C=C=C1. The van der Waals surface area contributed by atoms with Crippen molar-refractivity contribution in [2.75, 3.05) is 4.90 Å². The molecule has 0 spiro atoms. The fraction of sp³-hybridized carbons (Fsp3) is 0.0556. The van der Waals surface area contributed by atoms with Crippen LogP contribution in [0.5, 0.6) is 0 Å². The molecule has 1 heteroatoms. The number of rotatable bonds is 7. The zero-order valence-corrected chi connectivity index (χ0v) is 31.0. The van der Waals surface area contributed by atoms with Crippen molar-refractivity contribution in [2.45, 2.75) is 19.3 Å². The summed E-state index contributed by atoms with van der Waals surface area (Å²) < 4.78 is 0. The van der Waals surface area contributed by atoms with Gasteiger partial charge in [-0.05, 0) is 133 Å². The summed E-state index contributed by atoms with van der Waals surface area (Å²) in [6.07, 6.45) is 4.35. The molecule has 2 aliphatic carbocycles. The Balaban J connectivity index is 1.07. The average Bonchev–Trinajstić information content (AvgIpc) is 3.83. The topological polar surface area (TPSA) is 3.24 Å². The summed E-state index contributed by atoms with van der Waals surface area (Å²) in [5.41, 5.74) is 24.3. The van der Waals surface area contributed by atoms with E-state index >= 15 is 0 Å². The normalized spacial score (nSPS) is 13.0. The zero-order valence-electron chi connectivity index (χ0n) is 31.0. The van der Waals surface area contributed by atoms with E-state index in [-0.39, 0.29) is 5.41 Å². The van der Waals surface area contributed by atoms with E-state index in [2.05, 4.69) is 225 Å². The van der Waals surface area contributed by atoms with Crippen LogP contribution in [0.4, 0.5) is 17.1 Å². The lowest BCUT2D eigenvalue weighted by Gasteiger charge is -2.28. The van der Waals surface area contributed by atoms with Gasteiger partial charge in [-0.3, -0.25) is 0 Å². The molecule has 0 aliphatic heterocycles. The third-order valence-electron chi connectivity index (χ3n) is 11.5. The predicted molar refractivity (Wildman–Crippen MR) is 233 cm³/mol. The van der Waals surface area contributed by atoms with Crippen molar-refractivity contribution in [1.82, 2.24) is 0 Å². The van der Waals surface area contributed by atoms with Gasteiger partial charge in [-0.15, -0.1) is 5.73 Å². The first-order valence-electron chi connectivity index (χ1n) is 19.1. The van der Waals surface area contributed by atoms with E-state index in [1.807, 2.05) is 0 Å². The first-order valence-corrected chi connectivity index (χ1v) is 19.1. The van der Waals surface area contributed by atoms with Crippen molar-refractivity contribution in [3.05, 3.63) is 216 Å². The van der Waals surface area contributed by atoms with Gasteiger partial charge in [0.1, 0.15) is 0 Å². The van der Waals surface area contributed by atoms with Crippen LogP contribution < -0.4 is 4.90 Å². The van der Waals surface area contributed by atoms with Gasteiger partial charge >= 0.3 is 0 Å². The highest BCUT2D eigenvalue weighted by atomic mass is 15.1. The second-order valence-corrected chi connectivity index (χ2v) is 15.1. The summed E-state index contributed by atoms with van der Waals surface area (Å²) in [5, 5.41) is 0. The third kappa shape index (κ3) is 5.65. The van der Waals surface area contributed by atoms with Crippen LogP contribution in [0, 0.1) is 0 Å². The molecule has 260 valence electrons. The van der Waals surface area contributed by atoms with E-state index in [4.69, 9.17) is 0 Å². The number of benzene rings is 8. The standard InChI is InChI=1S/C54H39N/c1-54(2)51-35-46(55(44-29-25-41(26-30-44)38-15-8-4-9-16-38)45-31-27-42(28-32-45)39-17-10-5-11-18-39)33-34-49(51)53-48-20-12-19-47(48)50(36-52(53)54)43-23-21-40(22-24-43)37-13-6-3-7-14-37/h3-11,13-36H,1-2H3. The summed E-state index contributed by atoms with van der Waals surface area (Å²) in [5.74, 6) is 0. The Morgan fingerprint density at radius 3 is 1.29 bits per heavy atom. The summed E-state index contributed by atoms with van der Waals surface area (Å²) >= 11 is 0. The van der Waals surface area contributed by atoms with Crippen molar-refractivity contribution >= 4 is 29.2 Å². The van der Waals surface area contributed by atoms with Crippen LogP contribution in [0.1, 0.15) is 36.1 Å². The predicted octanol–water partition coefficient (Wildman–Crippen LogP) is 14.8. The zero-order chi connectivity index (χ0) is 36.9. The number of fused-ring (bicyclic) bond motifs is 5. The Kier molecular flexibility index (Phi) is 7.84. The molecule has 1 nitrogen and oxygen atoms in total. The molecule has 0 aromatic heterocycles. The minimum absolute atomic E-state index is 0.217. The molecule has 0 unspecified atom stereocenters. The highest BCUT2D eigenvalue weighted by molar-refractivity contribution is 5.98. The molecule has 0 heterocycles. The van der Waals surface area contributed by atoms with Gasteiger partial charge < -0.3 is 4.90 Å². The van der Waals surface area contributed by atoms with Gasteiger partial charge in [0.15, 0.2) is 0 Å². The molecule has 0 amide bonds. The van der Waals surface area contributed by atoms with Crippen LogP contribution in [-0.4, -0.2) is 0 Å². The van der Waals surface area contributed by atoms with Crippen molar-refractivity contribution in [1.29, 1.82) is 0 Å². The Hall–Kier alpha value is -6.92. The second kappa shape index (κ2) is 13.2. The molecule has 0 bridgehead atoms. The maximum Gasteiger partial charge on any atom is 0.0465 e. The summed E-state index contributed by atoms with van der Waals surface area (Å²) in [6.45, 7) is 4.77. The average molecular weight is 702 g/mol. The molecule has 0 radical (unpaired) electrons. The summed E-state index contributed by atoms with van der Waals surface area (Å²) in [6, 6.07) is 68.3. The molecule has 0 atom stereocenters. The largest absolute Gasteiger partial charge is 0.310 e. The molecule has 0 saturated carbocycles.